The number of anilines is 1. The summed E-state index contributed by atoms with van der Waals surface area (Å²) in [5.74, 6) is -0.615. The molecule has 108 valence electrons. The van der Waals surface area contributed by atoms with Gasteiger partial charge in [0.15, 0.2) is 0 Å². The van der Waals surface area contributed by atoms with Gasteiger partial charge in [-0.05, 0) is 19.1 Å². The molecule has 0 bridgehead atoms. The predicted octanol–water partition coefficient (Wildman–Crippen LogP) is 2.26. The number of amides is 1. The van der Waals surface area contributed by atoms with E-state index in [4.69, 9.17) is 5.26 Å². The van der Waals surface area contributed by atoms with Gasteiger partial charge in [-0.2, -0.15) is 23.5 Å². The van der Waals surface area contributed by atoms with Crippen LogP contribution in [0.4, 0.5) is 19.0 Å². The summed E-state index contributed by atoms with van der Waals surface area (Å²) in [6.07, 6.45) is -3.36. The van der Waals surface area contributed by atoms with Crippen molar-refractivity contribution in [3.05, 3.63) is 40.8 Å². The van der Waals surface area contributed by atoms with Crippen LogP contribution in [-0.4, -0.2) is 21.1 Å². The Morgan fingerprint density at radius 1 is 1.43 bits per heavy atom. The number of pyridine rings is 1. The van der Waals surface area contributed by atoms with Gasteiger partial charge < -0.3 is 5.32 Å². The number of hydrogen-bond donors (Lipinski definition) is 2. The van der Waals surface area contributed by atoms with Crippen LogP contribution in [0.2, 0.25) is 0 Å². The molecule has 0 saturated carbocycles. The molecule has 9 heteroatoms. The summed E-state index contributed by atoms with van der Waals surface area (Å²) in [5.41, 5.74) is -1.06. The molecule has 0 saturated heterocycles. The third-order valence-electron chi connectivity index (χ3n) is 2.62. The molecule has 2 aromatic rings. The highest BCUT2D eigenvalue weighted by Gasteiger charge is 2.33. The Hall–Kier alpha value is -2.89. The van der Waals surface area contributed by atoms with Gasteiger partial charge in [0.2, 0.25) is 0 Å². The predicted molar refractivity (Wildman–Crippen MR) is 65.2 cm³/mol. The lowest BCUT2D eigenvalue weighted by Gasteiger charge is -2.09. The van der Waals surface area contributed by atoms with Crippen LogP contribution in [0.5, 0.6) is 0 Å². The van der Waals surface area contributed by atoms with Crippen molar-refractivity contribution in [3.8, 4) is 6.07 Å². The number of nitrogens with one attached hydrogen (secondary N) is 2. The average Bonchev–Trinajstić information content (AvgIpc) is 2.84. The lowest BCUT2D eigenvalue weighted by Crippen LogP contribution is -2.17. The number of hydrogen-bond acceptors (Lipinski definition) is 4. The van der Waals surface area contributed by atoms with E-state index in [0.29, 0.717) is 0 Å². The third kappa shape index (κ3) is 3.00. The molecule has 0 aliphatic rings. The highest BCUT2D eigenvalue weighted by atomic mass is 19.4. The Labute approximate surface area is 116 Å². The molecule has 0 aromatic carbocycles. The Kier molecular flexibility index (Phi) is 3.62. The first-order valence-corrected chi connectivity index (χ1v) is 5.62. The van der Waals surface area contributed by atoms with Crippen molar-refractivity contribution >= 4 is 11.7 Å². The van der Waals surface area contributed by atoms with E-state index in [-0.39, 0.29) is 22.6 Å². The van der Waals surface area contributed by atoms with E-state index in [2.05, 4.69) is 20.5 Å². The number of halogens is 3. The Balaban J connectivity index is 2.27. The van der Waals surface area contributed by atoms with Crippen molar-refractivity contribution in [2.75, 3.05) is 5.32 Å². The fraction of sp³-hybridized carbons (Fsp3) is 0.167. The number of nitriles is 1. The summed E-state index contributed by atoms with van der Waals surface area (Å²) >= 11 is 0. The first-order chi connectivity index (χ1) is 9.82. The van der Waals surface area contributed by atoms with Crippen LogP contribution in [0.15, 0.2) is 18.3 Å². The van der Waals surface area contributed by atoms with Crippen molar-refractivity contribution in [2.24, 2.45) is 0 Å². The molecule has 0 spiro atoms. The first-order valence-electron chi connectivity index (χ1n) is 5.62. The van der Waals surface area contributed by atoms with Gasteiger partial charge >= 0.3 is 6.18 Å². The summed E-state index contributed by atoms with van der Waals surface area (Å²) in [4.78, 5) is 15.3. The SMILES string of the molecule is Cc1nc(C(F)(F)F)ccc1C(=O)Nc1[nH]ncc1C#N. The number of rotatable bonds is 2. The normalized spacial score (nSPS) is 11.0. The molecule has 21 heavy (non-hydrogen) atoms. The molecule has 0 radical (unpaired) electrons. The molecule has 0 aliphatic carbocycles. The molecule has 6 nitrogen and oxygen atoms in total. The molecule has 2 rings (SSSR count). The number of aryl methyl sites for hydroxylation is 1. The Morgan fingerprint density at radius 2 is 2.14 bits per heavy atom. The van der Waals surface area contributed by atoms with E-state index in [1.165, 1.54) is 13.1 Å². The maximum absolute atomic E-state index is 12.5. The molecule has 2 aromatic heterocycles. The summed E-state index contributed by atoms with van der Waals surface area (Å²) in [5, 5.41) is 17.1. The quantitative estimate of drug-likeness (QED) is 0.888. The van der Waals surface area contributed by atoms with E-state index in [1.54, 1.807) is 6.07 Å². The zero-order chi connectivity index (χ0) is 15.6. The molecular formula is C12H8F3N5O. The first kappa shape index (κ1) is 14.5. The van der Waals surface area contributed by atoms with Crippen molar-refractivity contribution in [1.82, 2.24) is 15.2 Å². The van der Waals surface area contributed by atoms with E-state index < -0.39 is 17.8 Å². The highest BCUT2D eigenvalue weighted by molar-refractivity contribution is 6.05. The lowest BCUT2D eigenvalue weighted by molar-refractivity contribution is -0.141. The molecule has 1 amide bonds. The molecule has 2 N–H and O–H groups in total. The largest absolute Gasteiger partial charge is 0.433 e. The fourth-order valence-electron chi connectivity index (χ4n) is 1.61. The number of aromatic amines is 1. The number of H-pyrrole nitrogens is 1. The van der Waals surface area contributed by atoms with Gasteiger partial charge in [-0.25, -0.2) is 4.98 Å². The van der Waals surface area contributed by atoms with Gasteiger partial charge in [0.1, 0.15) is 23.1 Å². The van der Waals surface area contributed by atoms with Crippen molar-refractivity contribution < 1.29 is 18.0 Å². The minimum Gasteiger partial charge on any atom is -0.306 e. The van der Waals surface area contributed by atoms with Crippen LogP contribution >= 0.6 is 0 Å². The fourth-order valence-corrected chi connectivity index (χ4v) is 1.61. The summed E-state index contributed by atoms with van der Waals surface area (Å²) in [6.45, 7) is 1.29. The topological polar surface area (TPSA) is 94.5 Å². The molecular weight excluding hydrogens is 287 g/mol. The maximum atomic E-state index is 12.5. The van der Waals surface area contributed by atoms with Gasteiger partial charge in [0.25, 0.3) is 5.91 Å². The van der Waals surface area contributed by atoms with Crippen LogP contribution in [0.1, 0.15) is 27.3 Å². The van der Waals surface area contributed by atoms with Crippen molar-refractivity contribution in [2.45, 2.75) is 13.1 Å². The van der Waals surface area contributed by atoms with Gasteiger partial charge in [-0.3, -0.25) is 9.89 Å². The van der Waals surface area contributed by atoms with Crippen LogP contribution in [0.3, 0.4) is 0 Å². The molecule has 0 atom stereocenters. The minimum absolute atomic E-state index is 0.0264. The summed E-state index contributed by atoms with van der Waals surface area (Å²) < 4.78 is 37.5. The lowest BCUT2D eigenvalue weighted by atomic mass is 10.1. The number of alkyl halides is 3. The van der Waals surface area contributed by atoms with Crippen molar-refractivity contribution in [1.29, 1.82) is 5.26 Å². The monoisotopic (exact) mass is 295 g/mol. The van der Waals surface area contributed by atoms with Crippen molar-refractivity contribution in [3.63, 3.8) is 0 Å². The number of carbonyl (C=O) groups is 1. The Bertz CT molecular complexity index is 729. The third-order valence-corrected chi connectivity index (χ3v) is 2.62. The highest BCUT2D eigenvalue weighted by Crippen LogP contribution is 2.28. The van der Waals surface area contributed by atoms with Crippen LogP contribution < -0.4 is 5.32 Å². The molecule has 0 aliphatic heterocycles. The molecule has 2 heterocycles. The summed E-state index contributed by atoms with van der Waals surface area (Å²) in [6, 6.07) is 3.56. The Morgan fingerprint density at radius 3 is 2.71 bits per heavy atom. The second-order valence-electron chi connectivity index (χ2n) is 4.05. The van der Waals surface area contributed by atoms with Gasteiger partial charge in [0.05, 0.1) is 17.5 Å². The zero-order valence-electron chi connectivity index (χ0n) is 10.6. The molecule has 0 fully saturated rings. The second kappa shape index (κ2) is 5.24. The number of carbonyl (C=O) groups excluding carboxylic acids is 1. The average molecular weight is 295 g/mol. The number of aromatic nitrogens is 3. The van der Waals surface area contributed by atoms with Crippen LogP contribution in [0, 0.1) is 18.3 Å². The van der Waals surface area contributed by atoms with E-state index >= 15 is 0 Å². The van der Waals surface area contributed by atoms with Gasteiger partial charge in [-0.1, -0.05) is 0 Å². The minimum atomic E-state index is -4.57. The van der Waals surface area contributed by atoms with Gasteiger partial charge in [-0.15, -0.1) is 0 Å². The second-order valence-corrected chi connectivity index (χ2v) is 4.05. The smallest absolute Gasteiger partial charge is 0.306 e. The zero-order valence-corrected chi connectivity index (χ0v) is 10.6. The molecule has 0 unspecified atom stereocenters. The van der Waals surface area contributed by atoms with Crippen LogP contribution in [0.25, 0.3) is 0 Å². The van der Waals surface area contributed by atoms with E-state index in [0.717, 1.165) is 12.1 Å². The van der Waals surface area contributed by atoms with Gasteiger partial charge in [0, 0.05) is 0 Å². The summed E-state index contributed by atoms with van der Waals surface area (Å²) in [7, 11) is 0. The standard InChI is InChI=1S/C12H8F3N5O/c1-6-8(2-3-9(18-6)12(13,14)15)11(21)19-10-7(4-16)5-17-20-10/h2-3,5H,1H3,(H2,17,19,20,21). The van der Waals surface area contributed by atoms with E-state index in [9.17, 15) is 18.0 Å². The van der Waals surface area contributed by atoms with E-state index in [1.807, 2.05) is 0 Å². The number of nitrogens with zero attached hydrogens (tertiary/aromatic N) is 3. The van der Waals surface area contributed by atoms with Crippen LogP contribution in [-0.2, 0) is 6.18 Å². The maximum Gasteiger partial charge on any atom is 0.433 e.